The zero-order valence-corrected chi connectivity index (χ0v) is 14.2. The maximum Gasteiger partial charge on any atom is 0.276 e. The van der Waals surface area contributed by atoms with Crippen LogP contribution < -0.4 is 0 Å². The van der Waals surface area contributed by atoms with Crippen LogP contribution in [0.3, 0.4) is 0 Å². The summed E-state index contributed by atoms with van der Waals surface area (Å²) in [5, 5.41) is 8.11. The highest BCUT2D eigenvalue weighted by Gasteiger charge is 2.21. The maximum atomic E-state index is 13.8. The van der Waals surface area contributed by atoms with E-state index in [-0.39, 0.29) is 24.0 Å². The van der Waals surface area contributed by atoms with Gasteiger partial charge in [-0.2, -0.15) is 0 Å². The molecule has 5 nitrogen and oxygen atoms in total. The van der Waals surface area contributed by atoms with Crippen LogP contribution in [-0.2, 0) is 13.1 Å². The number of hydrogen-bond acceptors (Lipinski definition) is 3. The molecule has 1 aromatic heterocycles. The summed E-state index contributed by atoms with van der Waals surface area (Å²) in [5.74, 6) is -0.605. The molecule has 0 aliphatic carbocycles. The molecule has 0 bridgehead atoms. The van der Waals surface area contributed by atoms with Gasteiger partial charge in [0.15, 0.2) is 5.69 Å². The standard InChI is InChI=1S/C19H19FN4O/c1-14-18(21-22-24(14)12-15-8-4-3-5-9-15)19(25)23(2)13-16-10-6-7-11-17(16)20/h3-11H,12-13H2,1-2H3. The van der Waals surface area contributed by atoms with E-state index in [2.05, 4.69) is 10.3 Å². The van der Waals surface area contributed by atoms with E-state index in [4.69, 9.17) is 0 Å². The summed E-state index contributed by atoms with van der Waals surface area (Å²) in [6.45, 7) is 2.54. The molecule has 128 valence electrons. The normalized spacial score (nSPS) is 10.7. The Hall–Kier alpha value is -3.02. The summed E-state index contributed by atoms with van der Waals surface area (Å²) in [6.07, 6.45) is 0. The van der Waals surface area contributed by atoms with Gasteiger partial charge in [0.1, 0.15) is 5.82 Å². The molecular weight excluding hydrogens is 319 g/mol. The minimum Gasteiger partial charge on any atom is -0.336 e. The molecular formula is C19H19FN4O. The van der Waals surface area contributed by atoms with Gasteiger partial charge in [-0.25, -0.2) is 9.07 Å². The van der Waals surface area contributed by atoms with Gasteiger partial charge in [-0.05, 0) is 18.6 Å². The summed E-state index contributed by atoms with van der Waals surface area (Å²) in [7, 11) is 1.63. The zero-order chi connectivity index (χ0) is 17.8. The molecule has 0 saturated carbocycles. The Morgan fingerprint density at radius 2 is 1.80 bits per heavy atom. The number of carbonyl (C=O) groups is 1. The van der Waals surface area contributed by atoms with Crippen molar-refractivity contribution in [2.75, 3.05) is 7.05 Å². The van der Waals surface area contributed by atoms with Gasteiger partial charge >= 0.3 is 0 Å². The molecule has 0 unspecified atom stereocenters. The third-order valence-electron chi connectivity index (χ3n) is 4.07. The molecule has 0 aliphatic rings. The number of benzene rings is 2. The van der Waals surface area contributed by atoms with Gasteiger partial charge in [-0.1, -0.05) is 53.7 Å². The van der Waals surface area contributed by atoms with Crippen molar-refractivity contribution in [3.8, 4) is 0 Å². The van der Waals surface area contributed by atoms with E-state index in [9.17, 15) is 9.18 Å². The van der Waals surface area contributed by atoms with Gasteiger partial charge in [-0.3, -0.25) is 4.79 Å². The zero-order valence-electron chi connectivity index (χ0n) is 14.2. The van der Waals surface area contributed by atoms with Crippen LogP contribution in [0.4, 0.5) is 4.39 Å². The van der Waals surface area contributed by atoms with Crippen molar-refractivity contribution in [1.29, 1.82) is 0 Å². The van der Waals surface area contributed by atoms with Gasteiger partial charge in [0.2, 0.25) is 0 Å². The first-order valence-electron chi connectivity index (χ1n) is 7.99. The van der Waals surface area contributed by atoms with Crippen LogP contribution in [0.5, 0.6) is 0 Å². The maximum absolute atomic E-state index is 13.8. The topological polar surface area (TPSA) is 51.0 Å². The van der Waals surface area contributed by atoms with E-state index < -0.39 is 0 Å². The highest BCUT2D eigenvalue weighted by atomic mass is 19.1. The van der Waals surface area contributed by atoms with Crippen molar-refractivity contribution >= 4 is 5.91 Å². The van der Waals surface area contributed by atoms with Gasteiger partial charge < -0.3 is 4.90 Å². The lowest BCUT2D eigenvalue weighted by atomic mass is 10.2. The molecule has 0 fully saturated rings. The molecule has 0 radical (unpaired) electrons. The third-order valence-corrected chi connectivity index (χ3v) is 4.07. The fourth-order valence-electron chi connectivity index (χ4n) is 2.60. The van der Waals surface area contributed by atoms with Crippen LogP contribution in [0.2, 0.25) is 0 Å². The Kier molecular flexibility index (Phi) is 4.88. The average molecular weight is 338 g/mol. The van der Waals surface area contributed by atoms with Crippen LogP contribution in [0.15, 0.2) is 54.6 Å². The first kappa shape index (κ1) is 16.8. The average Bonchev–Trinajstić information content (AvgIpc) is 2.98. The Balaban J connectivity index is 1.75. The molecule has 0 saturated heterocycles. The number of halogens is 1. The largest absolute Gasteiger partial charge is 0.336 e. The van der Waals surface area contributed by atoms with Crippen LogP contribution >= 0.6 is 0 Å². The molecule has 2 aromatic carbocycles. The summed E-state index contributed by atoms with van der Waals surface area (Å²) >= 11 is 0. The van der Waals surface area contributed by atoms with Crippen molar-refractivity contribution < 1.29 is 9.18 Å². The van der Waals surface area contributed by atoms with E-state index in [1.807, 2.05) is 37.3 Å². The quantitative estimate of drug-likeness (QED) is 0.718. The lowest BCUT2D eigenvalue weighted by Gasteiger charge is -2.16. The summed E-state index contributed by atoms with van der Waals surface area (Å²) in [6, 6.07) is 16.3. The lowest BCUT2D eigenvalue weighted by molar-refractivity contribution is 0.0777. The summed E-state index contributed by atoms with van der Waals surface area (Å²) in [4.78, 5) is 14.1. The van der Waals surface area contributed by atoms with Gasteiger partial charge in [0.05, 0.1) is 12.2 Å². The first-order valence-corrected chi connectivity index (χ1v) is 7.99. The number of nitrogens with zero attached hydrogens (tertiary/aromatic N) is 4. The van der Waals surface area contributed by atoms with Crippen molar-refractivity contribution in [1.82, 2.24) is 19.9 Å². The minimum absolute atomic E-state index is 0.177. The van der Waals surface area contributed by atoms with Crippen LogP contribution in [0, 0.1) is 12.7 Å². The van der Waals surface area contributed by atoms with Crippen molar-refractivity contribution in [3.63, 3.8) is 0 Å². The molecule has 1 heterocycles. The molecule has 6 heteroatoms. The molecule has 3 rings (SSSR count). The third kappa shape index (κ3) is 3.74. The van der Waals surface area contributed by atoms with Crippen molar-refractivity contribution in [2.45, 2.75) is 20.0 Å². The second-order valence-corrected chi connectivity index (χ2v) is 5.92. The van der Waals surface area contributed by atoms with E-state index in [1.54, 1.807) is 29.9 Å². The second-order valence-electron chi connectivity index (χ2n) is 5.92. The predicted octanol–water partition coefficient (Wildman–Crippen LogP) is 3.05. The molecule has 0 aliphatic heterocycles. The highest BCUT2D eigenvalue weighted by Crippen LogP contribution is 2.13. The lowest BCUT2D eigenvalue weighted by Crippen LogP contribution is -2.27. The smallest absolute Gasteiger partial charge is 0.276 e. The van der Waals surface area contributed by atoms with Gasteiger partial charge in [-0.15, -0.1) is 5.10 Å². The first-order chi connectivity index (χ1) is 12.1. The van der Waals surface area contributed by atoms with E-state index >= 15 is 0 Å². The molecule has 0 atom stereocenters. The molecule has 0 N–H and O–H groups in total. The van der Waals surface area contributed by atoms with E-state index in [0.717, 1.165) is 5.56 Å². The van der Waals surface area contributed by atoms with Crippen molar-refractivity contribution in [2.24, 2.45) is 0 Å². The predicted molar refractivity (Wildman–Crippen MR) is 92.5 cm³/mol. The second kappa shape index (κ2) is 7.25. The van der Waals surface area contributed by atoms with Crippen molar-refractivity contribution in [3.05, 3.63) is 82.9 Å². The molecule has 1 amide bonds. The highest BCUT2D eigenvalue weighted by molar-refractivity contribution is 5.93. The Bertz CT molecular complexity index is 876. The Labute approximate surface area is 145 Å². The monoisotopic (exact) mass is 338 g/mol. The Morgan fingerprint density at radius 1 is 1.12 bits per heavy atom. The number of rotatable bonds is 5. The molecule has 25 heavy (non-hydrogen) atoms. The van der Waals surface area contributed by atoms with Crippen LogP contribution in [-0.4, -0.2) is 32.8 Å². The SMILES string of the molecule is Cc1c(C(=O)N(C)Cc2ccccc2F)nnn1Cc1ccccc1. The van der Waals surface area contributed by atoms with Crippen LogP contribution in [0.1, 0.15) is 27.3 Å². The molecule has 3 aromatic rings. The number of hydrogen-bond donors (Lipinski definition) is 0. The summed E-state index contributed by atoms with van der Waals surface area (Å²) < 4.78 is 15.5. The van der Waals surface area contributed by atoms with E-state index in [1.165, 1.54) is 11.0 Å². The number of amides is 1. The number of carbonyl (C=O) groups excluding carboxylic acids is 1. The minimum atomic E-state index is -0.327. The Morgan fingerprint density at radius 3 is 2.52 bits per heavy atom. The molecule has 0 spiro atoms. The van der Waals surface area contributed by atoms with Gasteiger partial charge in [0, 0.05) is 19.2 Å². The fraction of sp³-hybridized carbons (Fsp3) is 0.211. The summed E-state index contributed by atoms with van der Waals surface area (Å²) in [5.41, 5.74) is 2.52. The van der Waals surface area contributed by atoms with E-state index in [0.29, 0.717) is 17.8 Å². The van der Waals surface area contributed by atoms with Crippen LogP contribution in [0.25, 0.3) is 0 Å². The number of aromatic nitrogens is 3. The fourth-order valence-corrected chi connectivity index (χ4v) is 2.60. The van der Waals surface area contributed by atoms with Gasteiger partial charge in [0.25, 0.3) is 5.91 Å².